The molecular weight excluding hydrogens is 321 g/mol. The summed E-state index contributed by atoms with van der Waals surface area (Å²) < 4.78 is 21.0. The zero-order valence-corrected chi connectivity index (χ0v) is 14.2. The lowest BCUT2D eigenvalue weighted by molar-refractivity contribution is 0.0385. The molecule has 1 fully saturated rings. The Hall–Kier alpha value is -2.18. The number of likely N-dealkylation sites (tertiary alicyclic amines) is 1. The highest BCUT2D eigenvalue weighted by atomic mass is 19.1. The molecule has 0 aliphatic carbocycles. The zero-order valence-electron chi connectivity index (χ0n) is 14.2. The van der Waals surface area contributed by atoms with Crippen molar-refractivity contribution in [3.8, 4) is 0 Å². The Kier molecular flexibility index (Phi) is 4.31. The van der Waals surface area contributed by atoms with Crippen molar-refractivity contribution in [2.24, 2.45) is 13.0 Å². The van der Waals surface area contributed by atoms with Crippen LogP contribution in [0, 0.1) is 11.7 Å². The summed E-state index contributed by atoms with van der Waals surface area (Å²) >= 11 is 0. The predicted octanol–water partition coefficient (Wildman–Crippen LogP) is 3.25. The van der Waals surface area contributed by atoms with Gasteiger partial charge in [-0.25, -0.2) is 9.37 Å². The maximum absolute atomic E-state index is 13.3. The number of piperidine rings is 1. The Bertz CT molecular complexity index is 873. The molecule has 25 heavy (non-hydrogen) atoms. The van der Waals surface area contributed by atoms with Crippen molar-refractivity contribution in [1.29, 1.82) is 0 Å². The third-order valence-electron chi connectivity index (χ3n) is 5.02. The summed E-state index contributed by atoms with van der Waals surface area (Å²) in [6, 6.07) is 6.47. The Morgan fingerprint density at radius 3 is 3.08 bits per heavy atom. The normalized spacial score (nSPS) is 20.2. The van der Waals surface area contributed by atoms with Gasteiger partial charge in [0, 0.05) is 37.3 Å². The molecule has 0 unspecified atom stereocenters. The first kappa shape index (κ1) is 16.3. The Morgan fingerprint density at radius 1 is 1.40 bits per heavy atom. The summed E-state index contributed by atoms with van der Waals surface area (Å²) in [6.45, 7) is 2.43. The van der Waals surface area contributed by atoms with E-state index in [9.17, 15) is 9.50 Å². The van der Waals surface area contributed by atoms with E-state index in [2.05, 4.69) is 9.88 Å². The molecule has 0 spiro atoms. The van der Waals surface area contributed by atoms with E-state index in [1.807, 2.05) is 23.9 Å². The summed E-state index contributed by atoms with van der Waals surface area (Å²) in [4.78, 5) is 6.56. The summed E-state index contributed by atoms with van der Waals surface area (Å²) in [6.07, 6.45) is 5.02. The molecule has 5 nitrogen and oxygen atoms in total. The number of fused-ring (bicyclic) bond motifs is 1. The molecular formula is C19H22FN3O2. The molecule has 132 valence electrons. The third kappa shape index (κ3) is 3.32. The molecule has 2 aromatic heterocycles. The molecule has 0 saturated carbocycles. The fraction of sp³-hybridized carbons (Fsp3) is 0.421. The van der Waals surface area contributed by atoms with Crippen LogP contribution in [0.3, 0.4) is 0 Å². The predicted molar refractivity (Wildman–Crippen MR) is 92.3 cm³/mol. The maximum Gasteiger partial charge on any atom is 0.137 e. The van der Waals surface area contributed by atoms with Crippen LogP contribution in [0.5, 0.6) is 0 Å². The lowest BCUT2D eigenvalue weighted by Crippen LogP contribution is -2.37. The molecule has 6 heteroatoms. The van der Waals surface area contributed by atoms with Crippen LogP contribution in [-0.2, 0) is 13.6 Å². The van der Waals surface area contributed by atoms with Crippen molar-refractivity contribution in [2.45, 2.75) is 25.5 Å². The van der Waals surface area contributed by atoms with Gasteiger partial charge < -0.3 is 14.1 Å². The van der Waals surface area contributed by atoms with Gasteiger partial charge in [-0.1, -0.05) is 0 Å². The maximum atomic E-state index is 13.3. The van der Waals surface area contributed by atoms with Gasteiger partial charge in [0.1, 0.15) is 29.1 Å². The van der Waals surface area contributed by atoms with E-state index < -0.39 is 6.10 Å². The summed E-state index contributed by atoms with van der Waals surface area (Å²) in [7, 11) is 1.90. The van der Waals surface area contributed by atoms with Gasteiger partial charge in [0.05, 0.1) is 6.54 Å². The van der Waals surface area contributed by atoms with Gasteiger partial charge in [0.15, 0.2) is 0 Å². The monoisotopic (exact) mass is 343 g/mol. The summed E-state index contributed by atoms with van der Waals surface area (Å²) in [5.41, 5.74) is 0.706. The fourth-order valence-corrected chi connectivity index (χ4v) is 3.73. The quantitative estimate of drug-likeness (QED) is 0.790. The number of rotatable bonds is 4. The highest BCUT2D eigenvalue weighted by Crippen LogP contribution is 2.30. The Labute approximate surface area is 145 Å². The van der Waals surface area contributed by atoms with Crippen LogP contribution in [0.2, 0.25) is 0 Å². The SMILES string of the molecule is Cn1ccnc1[C@H](O)[C@H]1CCCN(Cc2cc3cc(F)ccc3o2)C1. The first-order valence-corrected chi connectivity index (χ1v) is 8.66. The Balaban J connectivity index is 1.46. The second-order valence-corrected chi connectivity index (χ2v) is 6.87. The number of imidazole rings is 1. The first-order valence-electron chi connectivity index (χ1n) is 8.66. The minimum absolute atomic E-state index is 0.150. The van der Waals surface area contributed by atoms with Crippen molar-refractivity contribution in [3.63, 3.8) is 0 Å². The van der Waals surface area contributed by atoms with E-state index in [1.54, 1.807) is 12.3 Å². The molecule has 1 saturated heterocycles. The average Bonchev–Trinajstić information content (AvgIpc) is 3.19. The summed E-state index contributed by atoms with van der Waals surface area (Å²) in [5, 5.41) is 11.5. The van der Waals surface area contributed by atoms with Crippen molar-refractivity contribution in [2.75, 3.05) is 13.1 Å². The van der Waals surface area contributed by atoms with Gasteiger partial charge in [0.25, 0.3) is 0 Å². The number of aliphatic hydroxyl groups excluding tert-OH is 1. The van der Waals surface area contributed by atoms with Crippen LogP contribution in [0.25, 0.3) is 11.0 Å². The topological polar surface area (TPSA) is 54.4 Å². The lowest BCUT2D eigenvalue weighted by atomic mass is 9.92. The highest BCUT2D eigenvalue weighted by Gasteiger charge is 2.29. The number of aryl methyl sites for hydroxylation is 1. The van der Waals surface area contributed by atoms with Gasteiger partial charge in [-0.15, -0.1) is 0 Å². The van der Waals surface area contributed by atoms with Crippen LogP contribution in [0.1, 0.15) is 30.5 Å². The lowest BCUT2D eigenvalue weighted by Gasteiger charge is -2.34. The molecule has 3 aromatic rings. The molecule has 1 aliphatic heterocycles. The zero-order chi connectivity index (χ0) is 17.4. The van der Waals surface area contributed by atoms with E-state index in [-0.39, 0.29) is 11.7 Å². The number of aliphatic hydroxyl groups is 1. The van der Waals surface area contributed by atoms with E-state index >= 15 is 0 Å². The van der Waals surface area contributed by atoms with Crippen molar-refractivity contribution in [3.05, 3.63) is 54.1 Å². The number of aromatic nitrogens is 2. The molecule has 0 amide bonds. The van der Waals surface area contributed by atoms with E-state index in [1.165, 1.54) is 12.1 Å². The van der Waals surface area contributed by atoms with Gasteiger partial charge in [-0.3, -0.25) is 4.90 Å². The third-order valence-corrected chi connectivity index (χ3v) is 5.02. The minimum Gasteiger partial charge on any atom is -0.460 e. The number of hydrogen-bond donors (Lipinski definition) is 1. The van der Waals surface area contributed by atoms with Crippen LogP contribution in [0.15, 0.2) is 41.1 Å². The summed E-state index contributed by atoms with van der Waals surface area (Å²) in [5.74, 6) is 1.44. The minimum atomic E-state index is -0.562. The van der Waals surface area contributed by atoms with E-state index in [4.69, 9.17) is 4.42 Å². The van der Waals surface area contributed by atoms with E-state index in [0.29, 0.717) is 18.0 Å². The van der Waals surface area contributed by atoms with Crippen LogP contribution < -0.4 is 0 Å². The second-order valence-electron chi connectivity index (χ2n) is 6.87. The molecule has 0 bridgehead atoms. The van der Waals surface area contributed by atoms with Crippen molar-refractivity contribution in [1.82, 2.24) is 14.5 Å². The number of nitrogens with zero attached hydrogens (tertiary/aromatic N) is 3. The fourth-order valence-electron chi connectivity index (χ4n) is 3.73. The molecule has 2 atom stereocenters. The standard InChI is InChI=1S/C19H22FN3O2/c1-22-8-6-21-19(22)18(24)13-3-2-7-23(11-13)12-16-10-14-9-15(20)4-5-17(14)25-16/h4-6,8-10,13,18,24H,2-3,7,11-12H2,1H3/t13-,18+/m0/s1. The van der Waals surface area contributed by atoms with Crippen molar-refractivity contribution < 1.29 is 13.9 Å². The van der Waals surface area contributed by atoms with Crippen LogP contribution in [0.4, 0.5) is 4.39 Å². The number of furan rings is 1. The van der Waals surface area contributed by atoms with E-state index in [0.717, 1.165) is 37.1 Å². The van der Waals surface area contributed by atoms with Crippen LogP contribution >= 0.6 is 0 Å². The molecule has 1 N–H and O–H groups in total. The first-order chi connectivity index (χ1) is 12.1. The molecule has 1 aromatic carbocycles. The Morgan fingerprint density at radius 2 is 2.28 bits per heavy atom. The number of benzene rings is 1. The molecule has 3 heterocycles. The smallest absolute Gasteiger partial charge is 0.137 e. The van der Waals surface area contributed by atoms with Gasteiger partial charge >= 0.3 is 0 Å². The molecule has 1 aliphatic rings. The highest BCUT2D eigenvalue weighted by molar-refractivity contribution is 5.77. The molecule has 0 radical (unpaired) electrons. The average molecular weight is 343 g/mol. The van der Waals surface area contributed by atoms with Gasteiger partial charge in [0.2, 0.25) is 0 Å². The molecule has 4 rings (SSSR count). The van der Waals surface area contributed by atoms with Gasteiger partial charge in [-0.2, -0.15) is 0 Å². The van der Waals surface area contributed by atoms with Gasteiger partial charge in [-0.05, 0) is 43.7 Å². The number of hydrogen-bond acceptors (Lipinski definition) is 4. The number of halogens is 1. The largest absolute Gasteiger partial charge is 0.460 e. The van der Waals surface area contributed by atoms with Crippen molar-refractivity contribution >= 4 is 11.0 Å². The second kappa shape index (κ2) is 6.61. The van der Waals surface area contributed by atoms with Crippen LogP contribution in [-0.4, -0.2) is 32.6 Å².